The van der Waals surface area contributed by atoms with Crippen LogP contribution >= 0.6 is 0 Å². The van der Waals surface area contributed by atoms with E-state index in [4.69, 9.17) is 9.47 Å². The van der Waals surface area contributed by atoms with Crippen molar-refractivity contribution in [1.82, 2.24) is 4.90 Å². The predicted octanol–water partition coefficient (Wildman–Crippen LogP) is 2.20. The van der Waals surface area contributed by atoms with Crippen LogP contribution in [0.5, 0.6) is 0 Å². The summed E-state index contributed by atoms with van der Waals surface area (Å²) in [5.74, 6) is -0.0560. The Morgan fingerprint density at radius 3 is 2.56 bits per heavy atom. The lowest BCUT2D eigenvalue weighted by Crippen LogP contribution is -2.43. The van der Waals surface area contributed by atoms with Gasteiger partial charge in [-0.25, -0.2) is 4.79 Å². The van der Waals surface area contributed by atoms with Crippen molar-refractivity contribution in [3.05, 3.63) is 0 Å². The van der Waals surface area contributed by atoms with Crippen LogP contribution < -0.4 is 0 Å². The molecule has 5 heteroatoms. The monoisotopic (exact) mass is 257 g/mol. The molecule has 1 aliphatic heterocycles. The van der Waals surface area contributed by atoms with Gasteiger partial charge in [-0.05, 0) is 33.6 Å². The van der Waals surface area contributed by atoms with E-state index in [-0.39, 0.29) is 18.0 Å². The summed E-state index contributed by atoms with van der Waals surface area (Å²) < 4.78 is 10.3. The van der Waals surface area contributed by atoms with Gasteiger partial charge in [-0.3, -0.25) is 4.79 Å². The summed E-state index contributed by atoms with van der Waals surface area (Å²) in [5.41, 5.74) is -0.472. The fourth-order valence-corrected chi connectivity index (χ4v) is 1.93. The third-order valence-electron chi connectivity index (χ3n) is 2.69. The molecule has 0 aliphatic carbocycles. The van der Waals surface area contributed by atoms with E-state index in [0.717, 1.165) is 12.8 Å². The van der Waals surface area contributed by atoms with E-state index < -0.39 is 5.60 Å². The van der Waals surface area contributed by atoms with Gasteiger partial charge in [-0.2, -0.15) is 0 Å². The normalized spacial score (nSPS) is 20.4. The third kappa shape index (κ3) is 5.38. The molecule has 1 aliphatic rings. The van der Waals surface area contributed by atoms with Gasteiger partial charge in [0, 0.05) is 25.9 Å². The number of piperidine rings is 1. The van der Waals surface area contributed by atoms with Crippen LogP contribution in [0.15, 0.2) is 0 Å². The Balaban J connectivity index is 2.43. The van der Waals surface area contributed by atoms with Crippen LogP contribution in [0.2, 0.25) is 0 Å². The van der Waals surface area contributed by atoms with Crippen LogP contribution in [-0.4, -0.2) is 42.3 Å². The van der Waals surface area contributed by atoms with Crippen molar-refractivity contribution >= 4 is 12.1 Å². The molecule has 104 valence electrons. The van der Waals surface area contributed by atoms with E-state index in [1.165, 1.54) is 6.92 Å². The average Bonchev–Trinajstić information content (AvgIpc) is 2.24. The summed E-state index contributed by atoms with van der Waals surface area (Å²) in [6.07, 6.45) is 1.62. The molecule has 0 saturated carbocycles. The third-order valence-corrected chi connectivity index (χ3v) is 2.69. The molecule has 5 nitrogen and oxygen atoms in total. The summed E-state index contributed by atoms with van der Waals surface area (Å²) in [4.78, 5) is 24.4. The molecular formula is C13H23NO4. The summed E-state index contributed by atoms with van der Waals surface area (Å²) in [7, 11) is 0. The smallest absolute Gasteiger partial charge is 0.410 e. The molecule has 0 aromatic carbocycles. The van der Waals surface area contributed by atoms with Crippen molar-refractivity contribution in [3.8, 4) is 0 Å². The van der Waals surface area contributed by atoms with Crippen molar-refractivity contribution in [2.45, 2.75) is 46.1 Å². The molecule has 1 fully saturated rings. The number of hydrogen-bond acceptors (Lipinski definition) is 4. The van der Waals surface area contributed by atoms with Crippen molar-refractivity contribution in [2.75, 3.05) is 19.7 Å². The van der Waals surface area contributed by atoms with E-state index in [0.29, 0.717) is 19.7 Å². The van der Waals surface area contributed by atoms with Gasteiger partial charge >= 0.3 is 12.1 Å². The minimum atomic E-state index is -0.472. The van der Waals surface area contributed by atoms with Crippen molar-refractivity contribution in [1.29, 1.82) is 0 Å². The molecule has 0 spiro atoms. The van der Waals surface area contributed by atoms with Crippen molar-refractivity contribution < 1.29 is 19.1 Å². The highest BCUT2D eigenvalue weighted by Gasteiger charge is 2.27. The number of rotatable bonds is 2. The number of carbonyl (C=O) groups is 2. The number of nitrogens with zero attached hydrogens (tertiary/aromatic N) is 1. The Labute approximate surface area is 108 Å². The summed E-state index contributed by atoms with van der Waals surface area (Å²) in [6.45, 7) is 8.65. The van der Waals surface area contributed by atoms with E-state index >= 15 is 0 Å². The summed E-state index contributed by atoms with van der Waals surface area (Å²) in [6, 6.07) is 0. The first-order chi connectivity index (χ1) is 8.28. The van der Waals surface area contributed by atoms with Crippen LogP contribution in [0.1, 0.15) is 40.5 Å². The zero-order valence-corrected chi connectivity index (χ0v) is 11.7. The van der Waals surface area contributed by atoms with Gasteiger partial charge in [-0.1, -0.05) is 0 Å². The number of amides is 1. The number of hydrogen-bond donors (Lipinski definition) is 0. The maximum Gasteiger partial charge on any atom is 0.410 e. The van der Waals surface area contributed by atoms with Gasteiger partial charge < -0.3 is 14.4 Å². The molecule has 0 bridgehead atoms. The van der Waals surface area contributed by atoms with Crippen LogP contribution in [0.3, 0.4) is 0 Å². The second-order valence-electron chi connectivity index (χ2n) is 5.74. The molecular weight excluding hydrogens is 234 g/mol. The fraction of sp³-hybridized carbons (Fsp3) is 0.846. The Morgan fingerprint density at radius 2 is 2.00 bits per heavy atom. The molecule has 1 saturated heterocycles. The lowest BCUT2D eigenvalue weighted by molar-refractivity contribution is -0.142. The summed E-state index contributed by atoms with van der Waals surface area (Å²) >= 11 is 0. The second-order valence-corrected chi connectivity index (χ2v) is 5.74. The second kappa shape index (κ2) is 6.07. The van der Waals surface area contributed by atoms with Crippen LogP contribution in [-0.2, 0) is 14.3 Å². The lowest BCUT2D eigenvalue weighted by Gasteiger charge is -2.33. The van der Waals surface area contributed by atoms with E-state index in [9.17, 15) is 9.59 Å². The van der Waals surface area contributed by atoms with Gasteiger partial charge in [0.25, 0.3) is 0 Å². The van der Waals surface area contributed by atoms with Gasteiger partial charge in [0.05, 0.1) is 6.61 Å². The van der Waals surface area contributed by atoms with Crippen LogP contribution in [0.4, 0.5) is 4.79 Å². The molecule has 1 atom stereocenters. The van der Waals surface area contributed by atoms with Gasteiger partial charge in [-0.15, -0.1) is 0 Å². The maximum absolute atomic E-state index is 11.9. The van der Waals surface area contributed by atoms with Crippen molar-refractivity contribution in [2.24, 2.45) is 5.92 Å². The predicted molar refractivity (Wildman–Crippen MR) is 67.2 cm³/mol. The number of likely N-dealkylation sites (tertiary alicyclic amines) is 1. The Kier molecular flexibility index (Phi) is 4.99. The minimum Gasteiger partial charge on any atom is -0.466 e. The highest BCUT2D eigenvalue weighted by atomic mass is 16.6. The molecule has 1 amide bonds. The van der Waals surface area contributed by atoms with E-state index in [1.807, 2.05) is 20.8 Å². The number of ether oxygens (including phenoxy) is 2. The molecule has 18 heavy (non-hydrogen) atoms. The minimum absolute atomic E-state index is 0.218. The van der Waals surface area contributed by atoms with E-state index in [2.05, 4.69) is 0 Å². The topological polar surface area (TPSA) is 55.8 Å². The molecule has 0 N–H and O–H groups in total. The van der Waals surface area contributed by atoms with Gasteiger partial charge in [0.15, 0.2) is 0 Å². The SMILES string of the molecule is CC(=O)OC[C@H]1CCCN(C(=O)OC(C)(C)C)C1. The molecule has 1 rings (SSSR count). The largest absolute Gasteiger partial charge is 0.466 e. The first kappa shape index (κ1) is 14.8. The number of carbonyl (C=O) groups excluding carboxylic acids is 2. The molecule has 0 aromatic heterocycles. The van der Waals surface area contributed by atoms with Crippen molar-refractivity contribution in [3.63, 3.8) is 0 Å². The molecule has 0 radical (unpaired) electrons. The van der Waals surface area contributed by atoms with Crippen LogP contribution in [0, 0.1) is 5.92 Å². The number of esters is 1. The Bertz CT molecular complexity index is 309. The Hall–Kier alpha value is -1.26. The van der Waals surface area contributed by atoms with E-state index in [1.54, 1.807) is 4.90 Å². The molecule has 1 heterocycles. The lowest BCUT2D eigenvalue weighted by atomic mass is 9.99. The van der Waals surface area contributed by atoms with Gasteiger partial charge in [0.2, 0.25) is 0 Å². The highest BCUT2D eigenvalue weighted by molar-refractivity contribution is 5.68. The first-order valence-corrected chi connectivity index (χ1v) is 6.39. The molecule has 0 unspecified atom stereocenters. The van der Waals surface area contributed by atoms with Crippen LogP contribution in [0.25, 0.3) is 0 Å². The van der Waals surface area contributed by atoms with Gasteiger partial charge in [0.1, 0.15) is 5.60 Å². The highest BCUT2D eigenvalue weighted by Crippen LogP contribution is 2.19. The fourth-order valence-electron chi connectivity index (χ4n) is 1.93. The maximum atomic E-state index is 11.9. The Morgan fingerprint density at radius 1 is 1.33 bits per heavy atom. The first-order valence-electron chi connectivity index (χ1n) is 6.39. The standard InChI is InChI=1S/C13H23NO4/c1-10(15)17-9-11-6-5-7-14(8-11)12(16)18-13(2,3)4/h11H,5-9H2,1-4H3/t11-/m0/s1. The molecule has 0 aromatic rings. The summed E-state index contributed by atoms with van der Waals surface area (Å²) in [5, 5.41) is 0. The average molecular weight is 257 g/mol. The quantitative estimate of drug-likeness (QED) is 0.712. The zero-order chi connectivity index (χ0) is 13.8. The zero-order valence-electron chi connectivity index (χ0n) is 11.7.